The first kappa shape index (κ1) is 16.4. The van der Waals surface area contributed by atoms with E-state index < -0.39 is 5.97 Å². The number of carboxylic acid groups (broad SMARTS) is 1. The molecule has 0 fully saturated rings. The number of hydrogen-bond donors (Lipinski definition) is 1. The second-order valence-electron chi connectivity index (χ2n) is 2.77. The maximum atomic E-state index is 10.5. The van der Waals surface area contributed by atoms with E-state index in [1.165, 1.54) is 0 Å². The SMILES string of the molecule is CC.CC.CC(C(=O)O)C1=CC=CCC1. The van der Waals surface area contributed by atoms with Crippen molar-refractivity contribution in [2.75, 3.05) is 0 Å². The van der Waals surface area contributed by atoms with Gasteiger partial charge in [-0.15, -0.1) is 0 Å². The Kier molecular flexibility index (Phi) is 12.0. The lowest BCUT2D eigenvalue weighted by atomic mass is 9.94. The van der Waals surface area contributed by atoms with Gasteiger partial charge in [-0.05, 0) is 19.8 Å². The predicted octanol–water partition coefficient (Wildman–Crippen LogP) is 4.04. The van der Waals surface area contributed by atoms with Gasteiger partial charge in [0.25, 0.3) is 0 Å². The Morgan fingerprint density at radius 1 is 1.33 bits per heavy atom. The summed E-state index contributed by atoms with van der Waals surface area (Å²) in [7, 11) is 0. The fraction of sp³-hybridized carbons (Fsp3) is 0.615. The zero-order valence-electron chi connectivity index (χ0n) is 10.6. The van der Waals surface area contributed by atoms with Gasteiger partial charge in [0, 0.05) is 0 Å². The number of rotatable bonds is 2. The van der Waals surface area contributed by atoms with Gasteiger partial charge in [-0.25, -0.2) is 0 Å². The van der Waals surface area contributed by atoms with Gasteiger partial charge in [-0.3, -0.25) is 4.79 Å². The van der Waals surface area contributed by atoms with Crippen molar-refractivity contribution < 1.29 is 9.90 Å². The van der Waals surface area contributed by atoms with Gasteiger partial charge in [-0.2, -0.15) is 0 Å². The molecular weight excluding hydrogens is 188 g/mol. The van der Waals surface area contributed by atoms with Crippen LogP contribution >= 0.6 is 0 Å². The normalized spacial score (nSPS) is 14.9. The van der Waals surface area contributed by atoms with Crippen LogP contribution in [0.2, 0.25) is 0 Å². The van der Waals surface area contributed by atoms with Crippen molar-refractivity contribution in [1.29, 1.82) is 0 Å². The molecule has 1 N–H and O–H groups in total. The van der Waals surface area contributed by atoms with E-state index >= 15 is 0 Å². The fourth-order valence-corrected chi connectivity index (χ4v) is 1.14. The molecule has 0 amide bonds. The van der Waals surface area contributed by atoms with Gasteiger partial charge in [0.2, 0.25) is 0 Å². The van der Waals surface area contributed by atoms with Gasteiger partial charge >= 0.3 is 5.97 Å². The van der Waals surface area contributed by atoms with Crippen LogP contribution in [0, 0.1) is 5.92 Å². The van der Waals surface area contributed by atoms with Gasteiger partial charge in [0.05, 0.1) is 5.92 Å². The smallest absolute Gasteiger partial charge is 0.310 e. The molecule has 15 heavy (non-hydrogen) atoms. The largest absolute Gasteiger partial charge is 0.481 e. The monoisotopic (exact) mass is 212 g/mol. The van der Waals surface area contributed by atoms with Crippen LogP contribution in [0.15, 0.2) is 23.8 Å². The Morgan fingerprint density at radius 2 is 1.87 bits per heavy atom. The molecule has 88 valence electrons. The summed E-state index contributed by atoms with van der Waals surface area (Å²) in [6.45, 7) is 9.73. The highest BCUT2D eigenvalue weighted by molar-refractivity contribution is 5.73. The number of allylic oxidation sites excluding steroid dienone is 3. The molecule has 0 aromatic carbocycles. The fourth-order valence-electron chi connectivity index (χ4n) is 1.14. The Hall–Kier alpha value is -1.05. The molecule has 0 aromatic rings. The molecule has 1 aliphatic carbocycles. The van der Waals surface area contributed by atoms with Gasteiger partial charge in [0.15, 0.2) is 0 Å². The van der Waals surface area contributed by atoms with E-state index in [4.69, 9.17) is 5.11 Å². The van der Waals surface area contributed by atoms with Gasteiger partial charge < -0.3 is 5.11 Å². The lowest BCUT2D eigenvalue weighted by Crippen LogP contribution is -2.12. The molecule has 0 spiro atoms. The van der Waals surface area contributed by atoms with Crippen LogP contribution in [0.1, 0.15) is 47.5 Å². The minimum Gasteiger partial charge on any atom is -0.481 e. The molecule has 0 heterocycles. The quantitative estimate of drug-likeness (QED) is 0.750. The van der Waals surface area contributed by atoms with Crippen LogP contribution < -0.4 is 0 Å². The van der Waals surface area contributed by atoms with Crippen molar-refractivity contribution in [1.82, 2.24) is 0 Å². The molecule has 1 unspecified atom stereocenters. The molecule has 0 saturated heterocycles. The summed E-state index contributed by atoms with van der Waals surface area (Å²) >= 11 is 0. The van der Waals surface area contributed by atoms with Crippen LogP contribution in [-0.2, 0) is 4.79 Å². The summed E-state index contributed by atoms with van der Waals surface area (Å²) in [6.07, 6.45) is 7.76. The Labute approximate surface area is 93.7 Å². The van der Waals surface area contributed by atoms with E-state index in [2.05, 4.69) is 6.08 Å². The molecule has 0 bridgehead atoms. The molecule has 2 heteroatoms. The van der Waals surface area contributed by atoms with E-state index in [1.54, 1.807) is 6.92 Å². The summed E-state index contributed by atoms with van der Waals surface area (Å²) in [6, 6.07) is 0. The lowest BCUT2D eigenvalue weighted by Gasteiger charge is -2.12. The number of carboxylic acids is 1. The van der Waals surface area contributed by atoms with Crippen LogP contribution in [-0.4, -0.2) is 11.1 Å². The Bertz CT molecular complexity index is 215. The third kappa shape index (κ3) is 6.95. The molecule has 0 aromatic heterocycles. The second kappa shape index (κ2) is 11.0. The summed E-state index contributed by atoms with van der Waals surface area (Å²) in [5, 5.41) is 8.67. The molecule has 1 aliphatic rings. The van der Waals surface area contributed by atoms with Crippen molar-refractivity contribution in [3.63, 3.8) is 0 Å². The Morgan fingerprint density at radius 3 is 2.20 bits per heavy atom. The van der Waals surface area contributed by atoms with E-state index in [1.807, 2.05) is 39.8 Å². The van der Waals surface area contributed by atoms with E-state index in [0.717, 1.165) is 18.4 Å². The zero-order chi connectivity index (χ0) is 12.3. The summed E-state index contributed by atoms with van der Waals surface area (Å²) in [5.41, 5.74) is 1.03. The first-order chi connectivity index (χ1) is 7.22. The molecular formula is C13H24O2. The van der Waals surface area contributed by atoms with E-state index in [0.29, 0.717) is 0 Å². The number of aliphatic carboxylic acids is 1. The van der Waals surface area contributed by atoms with Crippen LogP contribution in [0.5, 0.6) is 0 Å². The first-order valence-electron chi connectivity index (χ1n) is 5.80. The molecule has 1 rings (SSSR count). The number of carbonyl (C=O) groups is 1. The minimum atomic E-state index is -0.730. The second-order valence-corrected chi connectivity index (χ2v) is 2.77. The topological polar surface area (TPSA) is 37.3 Å². The highest BCUT2D eigenvalue weighted by Crippen LogP contribution is 2.20. The van der Waals surface area contributed by atoms with Crippen molar-refractivity contribution >= 4 is 5.97 Å². The van der Waals surface area contributed by atoms with Crippen molar-refractivity contribution in [2.45, 2.75) is 47.5 Å². The standard InChI is InChI=1S/C9H12O2.2C2H6/c1-7(9(10)11)8-5-3-2-4-6-8;2*1-2/h2-3,5,7H,4,6H2,1H3,(H,10,11);2*1-2H3. The van der Waals surface area contributed by atoms with Crippen LogP contribution in [0.4, 0.5) is 0 Å². The third-order valence-corrected chi connectivity index (χ3v) is 1.97. The maximum Gasteiger partial charge on any atom is 0.310 e. The summed E-state index contributed by atoms with van der Waals surface area (Å²) < 4.78 is 0. The summed E-state index contributed by atoms with van der Waals surface area (Å²) in [5.74, 6) is -1.05. The predicted molar refractivity (Wildman–Crippen MR) is 66.0 cm³/mol. The molecule has 0 saturated carbocycles. The average molecular weight is 212 g/mol. The lowest BCUT2D eigenvalue weighted by molar-refractivity contribution is -0.139. The molecule has 1 atom stereocenters. The minimum absolute atomic E-state index is 0.319. The van der Waals surface area contributed by atoms with Crippen molar-refractivity contribution in [3.05, 3.63) is 23.8 Å². The summed E-state index contributed by atoms with van der Waals surface area (Å²) in [4.78, 5) is 10.5. The highest BCUT2D eigenvalue weighted by atomic mass is 16.4. The average Bonchev–Trinajstić information content (AvgIpc) is 2.34. The maximum absolute atomic E-state index is 10.5. The Balaban J connectivity index is 0. The van der Waals surface area contributed by atoms with Crippen LogP contribution in [0.25, 0.3) is 0 Å². The zero-order valence-corrected chi connectivity index (χ0v) is 10.6. The van der Waals surface area contributed by atoms with Crippen molar-refractivity contribution in [3.8, 4) is 0 Å². The van der Waals surface area contributed by atoms with E-state index in [-0.39, 0.29) is 5.92 Å². The number of hydrogen-bond acceptors (Lipinski definition) is 1. The third-order valence-electron chi connectivity index (χ3n) is 1.97. The molecule has 0 radical (unpaired) electrons. The van der Waals surface area contributed by atoms with E-state index in [9.17, 15) is 4.79 Å². The van der Waals surface area contributed by atoms with Gasteiger partial charge in [0.1, 0.15) is 0 Å². The highest BCUT2D eigenvalue weighted by Gasteiger charge is 2.15. The van der Waals surface area contributed by atoms with Crippen LogP contribution in [0.3, 0.4) is 0 Å². The van der Waals surface area contributed by atoms with Crippen molar-refractivity contribution in [2.24, 2.45) is 5.92 Å². The molecule has 2 nitrogen and oxygen atoms in total. The molecule has 0 aliphatic heterocycles. The van der Waals surface area contributed by atoms with Gasteiger partial charge in [-0.1, -0.05) is 51.5 Å². The first-order valence-corrected chi connectivity index (χ1v) is 5.80.